The van der Waals surface area contributed by atoms with E-state index in [0.29, 0.717) is 22.5 Å². The van der Waals surface area contributed by atoms with Crippen molar-refractivity contribution >= 4 is 16.9 Å². The van der Waals surface area contributed by atoms with Crippen LogP contribution in [0, 0.1) is 11.3 Å². The van der Waals surface area contributed by atoms with Crippen molar-refractivity contribution in [3.8, 4) is 6.07 Å². The Morgan fingerprint density at radius 2 is 1.77 bits per heavy atom. The first-order valence-corrected chi connectivity index (χ1v) is 6.90. The van der Waals surface area contributed by atoms with Crippen LogP contribution in [0.15, 0.2) is 67.0 Å². The molecule has 0 fully saturated rings. The minimum Gasteiger partial charge on any atom is -0.302 e. The van der Waals surface area contributed by atoms with E-state index in [4.69, 9.17) is 0 Å². The molecule has 0 bridgehead atoms. The number of hydrogen-bond donors (Lipinski definition) is 0. The Kier molecular flexibility index (Phi) is 2.60. The lowest BCUT2D eigenvalue weighted by atomic mass is 10.1. The van der Waals surface area contributed by atoms with Crippen LogP contribution in [-0.4, -0.2) is 14.6 Å². The van der Waals surface area contributed by atoms with Crippen LogP contribution >= 0.6 is 0 Å². The van der Waals surface area contributed by atoms with Crippen LogP contribution in [0.2, 0.25) is 0 Å². The highest BCUT2D eigenvalue weighted by molar-refractivity contribution is 6.09. The van der Waals surface area contributed by atoms with Crippen molar-refractivity contribution in [2.75, 3.05) is 0 Å². The average molecular weight is 285 g/mol. The molecule has 4 rings (SSSR count). The second-order valence-corrected chi connectivity index (χ2v) is 5.06. The molecule has 0 saturated heterocycles. The first kappa shape index (κ1) is 12.4. The van der Waals surface area contributed by atoms with Crippen molar-refractivity contribution in [3.05, 3.63) is 83.8 Å². The molecule has 0 atom stereocenters. The van der Waals surface area contributed by atoms with Crippen molar-refractivity contribution in [2.24, 2.45) is 0 Å². The molecule has 0 amide bonds. The van der Waals surface area contributed by atoms with Gasteiger partial charge >= 0.3 is 0 Å². The van der Waals surface area contributed by atoms with Crippen molar-refractivity contribution < 1.29 is 4.79 Å². The Balaban J connectivity index is 2.04. The minimum atomic E-state index is -0.0939. The van der Waals surface area contributed by atoms with E-state index in [-0.39, 0.29) is 5.78 Å². The van der Waals surface area contributed by atoms with E-state index in [2.05, 4.69) is 6.07 Å². The zero-order chi connectivity index (χ0) is 15.1. The molecule has 0 N–H and O–H groups in total. The molecule has 3 heterocycles. The maximum atomic E-state index is 12.7. The molecule has 4 nitrogen and oxygen atoms in total. The first-order chi connectivity index (χ1) is 10.8. The summed E-state index contributed by atoms with van der Waals surface area (Å²) in [5.41, 5.74) is 3.29. The van der Waals surface area contributed by atoms with E-state index >= 15 is 0 Å². The zero-order valence-electron chi connectivity index (χ0n) is 11.6. The van der Waals surface area contributed by atoms with Gasteiger partial charge in [-0.1, -0.05) is 30.3 Å². The fourth-order valence-electron chi connectivity index (χ4n) is 2.78. The van der Waals surface area contributed by atoms with Gasteiger partial charge in [0.15, 0.2) is 0 Å². The number of rotatable bonds is 2. The van der Waals surface area contributed by atoms with Gasteiger partial charge in [-0.25, -0.2) is 0 Å². The topological polar surface area (TPSA) is 49.7 Å². The highest BCUT2D eigenvalue weighted by Crippen LogP contribution is 2.21. The smallest absolute Gasteiger partial charge is 0.209 e. The van der Waals surface area contributed by atoms with Crippen molar-refractivity contribution in [3.63, 3.8) is 0 Å². The first-order valence-electron chi connectivity index (χ1n) is 6.90. The van der Waals surface area contributed by atoms with Gasteiger partial charge in [-0.2, -0.15) is 5.26 Å². The van der Waals surface area contributed by atoms with E-state index in [1.54, 1.807) is 22.6 Å². The summed E-state index contributed by atoms with van der Waals surface area (Å²) >= 11 is 0. The van der Waals surface area contributed by atoms with Gasteiger partial charge in [0.1, 0.15) is 11.7 Å². The number of hydrogen-bond acceptors (Lipinski definition) is 2. The summed E-state index contributed by atoms with van der Waals surface area (Å²) in [4.78, 5) is 12.7. The van der Waals surface area contributed by atoms with Crippen LogP contribution < -0.4 is 0 Å². The molecule has 0 aliphatic rings. The molecule has 22 heavy (non-hydrogen) atoms. The summed E-state index contributed by atoms with van der Waals surface area (Å²) in [6.45, 7) is 0. The van der Waals surface area contributed by atoms with Crippen molar-refractivity contribution in [1.29, 1.82) is 5.26 Å². The van der Waals surface area contributed by atoms with Gasteiger partial charge in [0.2, 0.25) is 5.78 Å². The van der Waals surface area contributed by atoms with Crippen LogP contribution in [0.3, 0.4) is 0 Å². The van der Waals surface area contributed by atoms with Gasteiger partial charge in [-0.05, 0) is 24.3 Å². The second kappa shape index (κ2) is 4.61. The van der Waals surface area contributed by atoms with E-state index < -0.39 is 0 Å². The Morgan fingerprint density at radius 3 is 2.55 bits per heavy atom. The van der Waals surface area contributed by atoms with E-state index in [0.717, 1.165) is 5.52 Å². The third-order valence-corrected chi connectivity index (χ3v) is 3.80. The van der Waals surface area contributed by atoms with Gasteiger partial charge in [0, 0.05) is 23.5 Å². The lowest BCUT2D eigenvalue weighted by molar-refractivity contribution is 0.103. The van der Waals surface area contributed by atoms with Gasteiger partial charge in [0.25, 0.3) is 0 Å². The van der Waals surface area contributed by atoms with Crippen LogP contribution in [0.4, 0.5) is 0 Å². The standard InChI is InChI=1S/C18H11N3O/c19-12-14-11-16(17(22)13-5-2-1-3-6-13)21-10-8-15-7-4-9-20(15)18(14)21/h1-11H. The number of fused-ring (bicyclic) bond motifs is 3. The molecule has 4 aromatic rings. The predicted molar refractivity (Wildman–Crippen MR) is 82.9 cm³/mol. The number of benzene rings is 1. The van der Waals surface area contributed by atoms with E-state index in [9.17, 15) is 10.1 Å². The SMILES string of the molecule is N#Cc1cc(C(=O)c2ccccc2)n2ccc3cccn3c12. The number of ketones is 1. The Hall–Kier alpha value is -3.32. The van der Waals surface area contributed by atoms with Crippen molar-refractivity contribution in [1.82, 2.24) is 8.80 Å². The fraction of sp³-hybridized carbons (Fsp3) is 0. The van der Waals surface area contributed by atoms with E-state index in [1.165, 1.54) is 0 Å². The maximum Gasteiger partial charge on any atom is 0.209 e. The molecule has 4 heteroatoms. The van der Waals surface area contributed by atoms with Gasteiger partial charge in [-0.15, -0.1) is 0 Å². The summed E-state index contributed by atoms with van der Waals surface area (Å²) in [6.07, 6.45) is 3.73. The average Bonchev–Trinajstić information content (AvgIpc) is 3.18. The molecule has 0 aliphatic heterocycles. The number of nitriles is 1. The highest BCUT2D eigenvalue weighted by atomic mass is 16.1. The van der Waals surface area contributed by atoms with Crippen LogP contribution in [0.25, 0.3) is 11.2 Å². The third-order valence-electron chi connectivity index (χ3n) is 3.80. The number of carbonyl (C=O) groups excluding carboxylic acids is 1. The van der Waals surface area contributed by atoms with Crippen LogP contribution in [0.5, 0.6) is 0 Å². The molecular formula is C18H11N3O. The predicted octanol–water partition coefficient (Wildman–Crippen LogP) is 3.29. The molecule has 3 aromatic heterocycles. The lowest BCUT2D eigenvalue weighted by Gasteiger charge is -2.04. The summed E-state index contributed by atoms with van der Waals surface area (Å²) < 4.78 is 3.70. The minimum absolute atomic E-state index is 0.0939. The van der Waals surface area contributed by atoms with Gasteiger partial charge < -0.3 is 4.40 Å². The molecule has 0 aliphatic carbocycles. The molecule has 0 unspecified atom stereocenters. The van der Waals surface area contributed by atoms with Crippen LogP contribution in [0.1, 0.15) is 21.6 Å². The molecule has 1 aromatic carbocycles. The maximum absolute atomic E-state index is 12.7. The summed E-state index contributed by atoms with van der Waals surface area (Å²) in [5, 5.41) is 9.41. The lowest BCUT2D eigenvalue weighted by Crippen LogP contribution is -2.05. The Bertz CT molecular complexity index is 1050. The molecule has 0 radical (unpaired) electrons. The normalized spacial score (nSPS) is 10.9. The molecular weight excluding hydrogens is 274 g/mol. The summed E-state index contributed by atoms with van der Waals surface area (Å²) in [5.74, 6) is -0.0939. The Labute approximate surface area is 126 Å². The fourth-order valence-corrected chi connectivity index (χ4v) is 2.78. The summed E-state index contributed by atoms with van der Waals surface area (Å²) in [7, 11) is 0. The van der Waals surface area contributed by atoms with Gasteiger partial charge in [0.05, 0.1) is 11.3 Å². The zero-order valence-corrected chi connectivity index (χ0v) is 11.6. The largest absolute Gasteiger partial charge is 0.302 e. The molecule has 0 spiro atoms. The summed E-state index contributed by atoms with van der Waals surface area (Å²) in [6, 6.07) is 18.7. The quantitative estimate of drug-likeness (QED) is 0.531. The monoisotopic (exact) mass is 285 g/mol. The number of nitrogens with zero attached hydrogens (tertiary/aromatic N) is 3. The number of carbonyl (C=O) groups is 1. The second-order valence-electron chi connectivity index (χ2n) is 5.06. The van der Waals surface area contributed by atoms with E-state index in [1.807, 2.05) is 53.2 Å². The third kappa shape index (κ3) is 1.66. The molecule has 104 valence electrons. The molecule has 0 saturated carbocycles. The van der Waals surface area contributed by atoms with Crippen LogP contribution in [-0.2, 0) is 0 Å². The highest BCUT2D eigenvalue weighted by Gasteiger charge is 2.18. The number of aromatic nitrogens is 2. The van der Waals surface area contributed by atoms with Gasteiger partial charge in [-0.3, -0.25) is 9.20 Å². The Morgan fingerprint density at radius 1 is 0.955 bits per heavy atom. The van der Waals surface area contributed by atoms with Crippen molar-refractivity contribution in [2.45, 2.75) is 0 Å².